The molecule has 25 heavy (non-hydrogen) atoms. The van der Waals surface area contributed by atoms with E-state index in [0.29, 0.717) is 18.0 Å². The van der Waals surface area contributed by atoms with Gasteiger partial charge in [-0.3, -0.25) is 9.36 Å². The molecule has 0 radical (unpaired) electrons. The van der Waals surface area contributed by atoms with Gasteiger partial charge in [-0.15, -0.1) is 10.2 Å². The number of benzene rings is 2. The van der Waals surface area contributed by atoms with E-state index < -0.39 is 0 Å². The Hall–Kier alpha value is -2.66. The zero-order valence-corrected chi connectivity index (χ0v) is 14.3. The first-order valence-corrected chi connectivity index (χ1v) is 8.59. The van der Waals surface area contributed by atoms with Gasteiger partial charge >= 0.3 is 0 Å². The number of halogens is 1. The number of hydrogen-bond acceptors (Lipinski definition) is 3. The molecule has 1 aliphatic heterocycles. The Bertz CT molecular complexity index is 877. The molecular weight excluding hydrogens is 336 g/mol. The molecule has 5 nitrogen and oxygen atoms in total. The van der Waals surface area contributed by atoms with E-state index in [4.69, 9.17) is 11.6 Å². The average Bonchev–Trinajstić information content (AvgIpc) is 3.34. The molecule has 0 saturated carbocycles. The second kappa shape index (κ2) is 6.69. The highest BCUT2D eigenvalue weighted by Crippen LogP contribution is 2.32. The third kappa shape index (κ3) is 3.15. The van der Waals surface area contributed by atoms with Crippen LogP contribution >= 0.6 is 11.6 Å². The zero-order chi connectivity index (χ0) is 17.2. The third-order valence-electron chi connectivity index (χ3n) is 4.65. The number of nitrogens with zero attached hydrogens (tertiary/aromatic N) is 4. The van der Waals surface area contributed by atoms with E-state index in [1.165, 1.54) is 0 Å². The summed E-state index contributed by atoms with van der Waals surface area (Å²) in [6, 6.07) is 15.4. The summed E-state index contributed by atoms with van der Waals surface area (Å²) in [5, 5.41) is 8.36. The van der Waals surface area contributed by atoms with Gasteiger partial charge in [0.15, 0.2) is 0 Å². The van der Waals surface area contributed by atoms with Crippen molar-refractivity contribution in [2.24, 2.45) is 0 Å². The first-order chi connectivity index (χ1) is 12.2. The molecule has 1 aromatic heterocycles. The molecule has 0 spiro atoms. The Labute approximate surface area is 150 Å². The van der Waals surface area contributed by atoms with Crippen molar-refractivity contribution in [3.63, 3.8) is 0 Å². The van der Waals surface area contributed by atoms with E-state index in [9.17, 15) is 4.79 Å². The van der Waals surface area contributed by atoms with Crippen LogP contribution in [0.15, 0.2) is 61.2 Å². The largest absolute Gasteiger partial charge is 0.338 e. The number of carbonyl (C=O) groups excluding carboxylic acids is 1. The first-order valence-electron chi connectivity index (χ1n) is 8.21. The van der Waals surface area contributed by atoms with Gasteiger partial charge in [-0.25, -0.2) is 0 Å². The van der Waals surface area contributed by atoms with Crippen LogP contribution in [0.4, 0.5) is 0 Å². The van der Waals surface area contributed by atoms with Crippen LogP contribution in [0.1, 0.15) is 28.3 Å². The highest BCUT2D eigenvalue weighted by atomic mass is 35.5. The summed E-state index contributed by atoms with van der Waals surface area (Å²) in [4.78, 5) is 14.7. The minimum Gasteiger partial charge on any atom is -0.338 e. The lowest BCUT2D eigenvalue weighted by atomic mass is 9.98. The number of likely N-dealkylation sites (tertiary alicyclic amines) is 1. The number of carbonyl (C=O) groups is 1. The van der Waals surface area contributed by atoms with Gasteiger partial charge in [-0.2, -0.15) is 0 Å². The van der Waals surface area contributed by atoms with E-state index >= 15 is 0 Å². The highest BCUT2D eigenvalue weighted by molar-refractivity contribution is 6.31. The standard InChI is InChI=1S/C19H17ClN4O/c20-18-4-2-1-3-17(18)15-9-10-23(11-15)19(25)14-5-7-16(8-6-14)24-12-21-22-13-24/h1-8,12-13,15H,9-11H2. The number of aromatic nitrogens is 3. The maximum absolute atomic E-state index is 12.8. The summed E-state index contributed by atoms with van der Waals surface area (Å²) < 4.78 is 1.80. The van der Waals surface area contributed by atoms with Crippen LogP contribution in [0.5, 0.6) is 0 Å². The molecular formula is C19H17ClN4O. The molecule has 0 N–H and O–H groups in total. The van der Waals surface area contributed by atoms with E-state index in [-0.39, 0.29) is 5.91 Å². The number of rotatable bonds is 3. The van der Waals surface area contributed by atoms with Gasteiger partial charge in [0, 0.05) is 35.3 Å². The summed E-state index contributed by atoms with van der Waals surface area (Å²) in [6.45, 7) is 1.46. The van der Waals surface area contributed by atoms with Crippen molar-refractivity contribution in [1.82, 2.24) is 19.7 Å². The van der Waals surface area contributed by atoms with Gasteiger partial charge in [0.1, 0.15) is 12.7 Å². The predicted molar refractivity (Wildman–Crippen MR) is 96.1 cm³/mol. The van der Waals surface area contributed by atoms with Crippen LogP contribution in [0.3, 0.4) is 0 Å². The molecule has 1 amide bonds. The zero-order valence-electron chi connectivity index (χ0n) is 13.5. The lowest BCUT2D eigenvalue weighted by Gasteiger charge is -2.17. The summed E-state index contributed by atoms with van der Waals surface area (Å²) in [5.74, 6) is 0.360. The van der Waals surface area contributed by atoms with Crippen molar-refractivity contribution >= 4 is 17.5 Å². The van der Waals surface area contributed by atoms with E-state index in [1.54, 1.807) is 17.2 Å². The van der Waals surface area contributed by atoms with Gasteiger partial charge in [0.25, 0.3) is 5.91 Å². The molecule has 6 heteroatoms. The fourth-order valence-electron chi connectivity index (χ4n) is 3.30. The summed E-state index contributed by atoms with van der Waals surface area (Å²) in [6.07, 6.45) is 4.20. The normalized spacial score (nSPS) is 17.0. The quantitative estimate of drug-likeness (QED) is 0.724. The van der Waals surface area contributed by atoms with Crippen molar-refractivity contribution in [3.8, 4) is 5.69 Å². The highest BCUT2D eigenvalue weighted by Gasteiger charge is 2.28. The molecule has 2 aromatic carbocycles. The van der Waals surface area contributed by atoms with Gasteiger partial charge in [-0.1, -0.05) is 29.8 Å². The maximum Gasteiger partial charge on any atom is 0.253 e. The Balaban J connectivity index is 1.48. The lowest BCUT2D eigenvalue weighted by Crippen LogP contribution is -2.28. The SMILES string of the molecule is O=C(c1ccc(-n2cnnc2)cc1)N1CCC(c2ccccc2Cl)C1. The van der Waals surface area contributed by atoms with Gasteiger partial charge in [0.2, 0.25) is 0 Å². The summed E-state index contributed by atoms with van der Waals surface area (Å²) >= 11 is 6.30. The smallest absolute Gasteiger partial charge is 0.253 e. The second-order valence-corrected chi connectivity index (χ2v) is 6.58. The van der Waals surface area contributed by atoms with E-state index in [1.807, 2.05) is 47.4 Å². The van der Waals surface area contributed by atoms with Crippen LogP contribution in [-0.2, 0) is 0 Å². The van der Waals surface area contributed by atoms with Crippen molar-refractivity contribution in [3.05, 3.63) is 77.3 Å². The molecule has 1 unspecified atom stereocenters. The fourth-order valence-corrected chi connectivity index (χ4v) is 3.59. The van der Waals surface area contributed by atoms with Crippen LogP contribution in [-0.4, -0.2) is 38.7 Å². The Morgan fingerprint density at radius 1 is 1.04 bits per heavy atom. The van der Waals surface area contributed by atoms with E-state index in [0.717, 1.165) is 29.2 Å². The van der Waals surface area contributed by atoms with Crippen molar-refractivity contribution in [1.29, 1.82) is 0 Å². The maximum atomic E-state index is 12.8. The second-order valence-electron chi connectivity index (χ2n) is 6.17. The molecule has 0 bridgehead atoms. The molecule has 1 atom stereocenters. The fraction of sp³-hybridized carbons (Fsp3) is 0.211. The minimum absolute atomic E-state index is 0.0601. The van der Waals surface area contributed by atoms with Crippen LogP contribution in [0, 0.1) is 0 Å². The van der Waals surface area contributed by atoms with E-state index in [2.05, 4.69) is 16.3 Å². The Morgan fingerprint density at radius 2 is 1.76 bits per heavy atom. The van der Waals surface area contributed by atoms with Gasteiger partial charge in [0.05, 0.1) is 0 Å². The van der Waals surface area contributed by atoms with Crippen molar-refractivity contribution in [2.45, 2.75) is 12.3 Å². The Kier molecular flexibility index (Phi) is 4.24. The minimum atomic E-state index is 0.0601. The summed E-state index contributed by atoms with van der Waals surface area (Å²) in [5.41, 5.74) is 2.75. The van der Waals surface area contributed by atoms with Gasteiger partial charge in [-0.05, 0) is 42.3 Å². The average molecular weight is 353 g/mol. The molecule has 3 aromatic rings. The molecule has 1 saturated heterocycles. The first kappa shape index (κ1) is 15.8. The van der Waals surface area contributed by atoms with Crippen LogP contribution < -0.4 is 0 Å². The topological polar surface area (TPSA) is 51.0 Å². The van der Waals surface area contributed by atoms with Crippen LogP contribution in [0.25, 0.3) is 5.69 Å². The van der Waals surface area contributed by atoms with Crippen molar-refractivity contribution < 1.29 is 4.79 Å². The predicted octanol–water partition coefficient (Wildman–Crippen LogP) is 3.55. The molecule has 4 rings (SSSR count). The van der Waals surface area contributed by atoms with Gasteiger partial charge < -0.3 is 4.90 Å². The Morgan fingerprint density at radius 3 is 2.48 bits per heavy atom. The third-order valence-corrected chi connectivity index (χ3v) is 5.00. The molecule has 0 aliphatic carbocycles. The number of amides is 1. The lowest BCUT2D eigenvalue weighted by molar-refractivity contribution is 0.0791. The molecule has 1 aliphatic rings. The molecule has 1 fully saturated rings. The van der Waals surface area contributed by atoms with Crippen molar-refractivity contribution in [2.75, 3.05) is 13.1 Å². The monoisotopic (exact) mass is 352 g/mol. The molecule has 2 heterocycles. The van der Waals surface area contributed by atoms with Crippen LogP contribution in [0.2, 0.25) is 5.02 Å². The summed E-state index contributed by atoms with van der Waals surface area (Å²) in [7, 11) is 0. The number of hydrogen-bond donors (Lipinski definition) is 0. The molecule has 126 valence electrons.